The molecular weight excluding hydrogens is 358 g/mol. The number of allylic oxidation sites excluding steroid dienone is 2. The summed E-state index contributed by atoms with van der Waals surface area (Å²) in [6.07, 6.45) is 0. The van der Waals surface area contributed by atoms with Crippen LogP contribution in [0.1, 0.15) is 18.2 Å². The second kappa shape index (κ2) is 7.64. The summed E-state index contributed by atoms with van der Waals surface area (Å²) >= 11 is 1.25. The zero-order chi connectivity index (χ0) is 19.6. The third-order valence-corrected chi connectivity index (χ3v) is 4.97. The zero-order valence-corrected chi connectivity index (χ0v) is 16.2. The first kappa shape index (κ1) is 18.7. The predicted octanol–water partition coefficient (Wildman–Crippen LogP) is 3.43. The van der Waals surface area contributed by atoms with Gasteiger partial charge in [0.25, 0.3) is 0 Å². The topological polar surface area (TPSA) is 97.1 Å². The predicted molar refractivity (Wildman–Crippen MR) is 106 cm³/mol. The van der Waals surface area contributed by atoms with Crippen LogP contribution >= 0.6 is 11.8 Å². The van der Waals surface area contributed by atoms with E-state index in [-0.39, 0.29) is 22.8 Å². The molecule has 6 nitrogen and oxygen atoms in total. The number of nitrogens with zero attached hydrogens (tertiary/aromatic N) is 4. The number of fused-ring (bicyclic) bond motifs is 1. The maximum atomic E-state index is 12.3. The fraction of sp³-hybridized carbons (Fsp3) is 0.200. The number of nitriles is 1. The van der Waals surface area contributed by atoms with E-state index >= 15 is 0 Å². The van der Waals surface area contributed by atoms with Crippen molar-refractivity contribution in [1.29, 1.82) is 5.26 Å². The monoisotopic (exact) mass is 377 g/mol. The Bertz CT molecular complexity index is 1090. The van der Waals surface area contributed by atoms with Crippen LogP contribution in [0.15, 0.2) is 52.8 Å². The van der Waals surface area contributed by atoms with Crippen molar-refractivity contribution in [3.63, 3.8) is 0 Å². The van der Waals surface area contributed by atoms with Crippen molar-refractivity contribution >= 4 is 23.1 Å². The standard InChI is InChI=1S/C20H19N5OS/c1-12-9-13(2)24-25-19(12)18(15-7-5-4-6-8-15)23-20(25)27-11-17(26)16(10-21)14(3)22/h4-9H,11,22H2,1-3H3/b16-14-. The smallest absolute Gasteiger partial charge is 0.190 e. The fourth-order valence-electron chi connectivity index (χ4n) is 2.87. The quantitative estimate of drug-likeness (QED) is 0.416. The van der Waals surface area contributed by atoms with Gasteiger partial charge in [0.15, 0.2) is 10.9 Å². The number of ketones is 1. The van der Waals surface area contributed by atoms with Crippen molar-refractivity contribution in [2.45, 2.75) is 25.9 Å². The number of carbonyl (C=O) groups is 1. The third-order valence-electron chi connectivity index (χ3n) is 4.05. The van der Waals surface area contributed by atoms with Gasteiger partial charge in [-0.15, -0.1) is 0 Å². The molecule has 0 bridgehead atoms. The summed E-state index contributed by atoms with van der Waals surface area (Å²) in [5, 5.41) is 14.3. The van der Waals surface area contributed by atoms with Gasteiger partial charge in [0.2, 0.25) is 0 Å². The summed E-state index contributed by atoms with van der Waals surface area (Å²) in [4.78, 5) is 17.0. The Morgan fingerprint density at radius 2 is 2.00 bits per heavy atom. The number of hydrogen-bond acceptors (Lipinski definition) is 6. The van der Waals surface area contributed by atoms with Crippen LogP contribution < -0.4 is 5.73 Å². The molecule has 0 aliphatic rings. The first-order chi connectivity index (χ1) is 12.9. The second-order valence-electron chi connectivity index (χ2n) is 6.22. The van der Waals surface area contributed by atoms with Gasteiger partial charge in [-0.25, -0.2) is 9.50 Å². The molecule has 0 unspecified atom stereocenters. The molecule has 0 spiro atoms. The molecule has 2 aromatic heterocycles. The molecule has 0 amide bonds. The van der Waals surface area contributed by atoms with Crippen molar-refractivity contribution in [3.05, 3.63) is 58.9 Å². The summed E-state index contributed by atoms with van der Waals surface area (Å²) in [5.41, 5.74) is 10.5. The Kier molecular flexibility index (Phi) is 5.28. The van der Waals surface area contributed by atoms with E-state index in [1.165, 1.54) is 11.8 Å². The lowest BCUT2D eigenvalue weighted by molar-refractivity contribution is -0.112. The summed E-state index contributed by atoms with van der Waals surface area (Å²) in [6, 6.07) is 13.8. The number of Topliss-reactive ketones (excluding diaryl/α,β-unsaturated/α-hetero) is 1. The van der Waals surface area contributed by atoms with E-state index in [4.69, 9.17) is 16.0 Å². The van der Waals surface area contributed by atoms with Gasteiger partial charge < -0.3 is 5.73 Å². The number of aromatic nitrogens is 3. The van der Waals surface area contributed by atoms with Crippen molar-refractivity contribution in [3.8, 4) is 17.3 Å². The first-order valence-corrected chi connectivity index (χ1v) is 9.35. The van der Waals surface area contributed by atoms with Crippen LogP contribution in [0.3, 0.4) is 0 Å². The second-order valence-corrected chi connectivity index (χ2v) is 7.16. The SMILES string of the molecule is C/C(N)=C(\C#N)C(=O)CSc1nc(-c2ccccc2)c2c(C)cc(C)nn12. The van der Waals surface area contributed by atoms with Crippen molar-refractivity contribution in [1.82, 2.24) is 14.6 Å². The third kappa shape index (κ3) is 3.71. The van der Waals surface area contributed by atoms with E-state index in [1.54, 1.807) is 11.4 Å². The minimum absolute atomic E-state index is 0.00744. The van der Waals surface area contributed by atoms with Gasteiger partial charge >= 0.3 is 0 Å². The molecule has 136 valence electrons. The average Bonchev–Trinajstić information content (AvgIpc) is 3.00. The normalized spacial score (nSPS) is 11.9. The molecule has 27 heavy (non-hydrogen) atoms. The van der Waals surface area contributed by atoms with Gasteiger partial charge in [0.05, 0.1) is 22.7 Å². The summed E-state index contributed by atoms with van der Waals surface area (Å²) < 4.78 is 1.77. The molecular formula is C20H19N5OS. The maximum Gasteiger partial charge on any atom is 0.190 e. The first-order valence-electron chi connectivity index (χ1n) is 8.37. The summed E-state index contributed by atoms with van der Waals surface area (Å²) in [6.45, 7) is 5.49. The lowest BCUT2D eigenvalue weighted by Gasteiger charge is -2.04. The van der Waals surface area contributed by atoms with Crippen LogP contribution in [0.2, 0.25) is 0 Å². The summed E-state index contributed by atoms with van der Waals surface area (Å²) in [5.74, 6) is -0.246. The highest BCUT2D eigenvalue weighted by atomic mass is 32.2. The van der Waals surface area contributed by atoms with Crippen LogP contribution in [0.4, 0.5) is 0 Å². The van der Waals surface area contributed by atoms with Crippen LogP contribution in [-0.2, 0) is 4.79 Å². The Balaban J connectivity index is 2.05. The molecule has 0 atom stereocenters. The highest BCUT2D eigenvalue weighted by Crippen LogP contribution is 2.31. The Labute approximate surface area is 161 Å². The maximum absolute atomic E-state index is 12.3. The number of hydrogen-bond donors (Lipinski definition) is 1. The van der Waals surface area contributed by atoms with E-state index in [9.17, 15) is 4.79 Å². The number of aryl methyl sites for hydroxylation is 2. The molecule has 0 saturated heterocycles. The highest BCUT2D eigenvalue weighted by molar-refractivity contribution is 7.99. The molecule has 0 radical (unpaired) electrons. The van der Waals surface area contributed by atoms with Crippen LogP contribution in [-0.4, -0.2) is 26.1 Å². The average molecular weight is 377 g/mol. The van der Waals surface area contributed by atoms with Gasteiger partial charge in [0, 0.05) is 11.3 Å². The number of imidazole rings is 1. The minimum atomic E-state index is -0.315. The lowest BCUT2D eigenvalue weighted by atomic mass is 10.1. The van der Waals surface area contributed by atoms with Crippen LogP contribution in [0.5, 0.6) is 0 Å². The lowest BCUT2D eigenvalue weighted by Crippen LogP contribution is -2.10. The van der Waals surface area contributed by atoms with Gasteiger partial charge in [-0.05, 0) is 32.4 Å². The molecule has 3 rings (SSSR count). The van der Waals surface area contributed by atoms with Gasteiger partial charge in [-0.1, -0.05) is 42.1 Å². The van der Waals surface area contributed by atoms with Gasteiger partial charge in [-0.2, -0.15) is 10.4 Å². The number of thioether (sulfide) groups is 1. The molecule has 2 heterocycles. The van der Waals surface area contributed by atoms with E-state index in [2.05, 4.69) is 5.10 Å². The largest absolute Gasteiger partial charge is 0.401 e. The van der Waals surface area contributed by atoms with Crippen LogP contribution in [0, 0.1) is 25.2 Å². The zero-order valence-electron chi connectivity index (χ0n) is 15.4. The summed E-state index contributed by atoms with van der Waals surface area (Å²) in [7, 11) is 0. The van der Waals surface area contributed by atoms with Crippen molar-refractivity contribution in [2.75, 3.05) is 5.75 Å². The minimum Gasteiger partial charge on any atom is -0.401 e. The Hall–Kier alpha value is -3.11. The molecule has 0 aliphatic heterocycles. The molecule has 2 N–H and O–H groups in total. The van der Waals surface area contributed by atoms with E-state index < -0.39 is 0 Å². The Morgan fingerprint density at radius 1 is 1.30 bits per heavy atom. The van der Waals surface area contributed by atoms with Crippen LogP contribution in [0.25, 0.3) is 16.8 Å². The molecule has 7 heteroatoms. The molecule has 0 aliphatic carbocycles. The van der Waals surface area contributed by atoms with Gasteiger partial charge in [0.1, 0.15) is 11.6 Å². The fourth-order valence-corrected chi connectivity index (χ4v) is 3.68. The van der Waals surface area contributed by atoms with E-state index in [0.29, 0.717) is 5.16 Å². The number of nitrogens with two attached hydrogens (primary N) is 1. The Morgan fingerprint density at radius 3 is 2.63 bits per heavy atom. The molecule has 3 aromatic rings. The van der Waals surface area contributed by atoms with E-state index in [1.807, 2.05) is 56.3 Å². The highest BCUT2D eigenvalue weighted by Gasteiger charge is 2.19. The van der Waals surface area contributed by atoms with Gasteiger partial charge in [-0.3, -0.25) is 4.79 Å². The molecule has 0 fully saturated rings. The number of rotatable bonds is 5. The molecule has 0 saturated carbocycles. The number of benzene rings is 1. The van der Waals surface area contributed by atoms with E-state index in [0.717, 1.165) is 28.0 Å². The van der Waals surface area contributed by atoms with Crippen molar-refractivity contribution < 1.29 is 4.79 Å². The van der Waals surface area contributed by atoms with Crippen molar-refractivity contribution in [2.24, 2.45) is 5.73 Å². The molecule has 1 aromatic carbocycles. The number of carbonyl (C=O) groups excluding carboxylic acids is 1.